The van der Waals surface area contributed by atoms with Gasteiger partial charge in [-0.15, -0.1) is 0 Å². The Kier molecular flexibility index (Phi) is 5.16. The second-order valence-electron chi connectivity index (χ2n) is 5.90. The van der Waals surface area contributed by atoms with E-state index in [2.05, 4.69) is 4.90 Å². The van der Waals surface area contributed by atoms with Crippen molar-refractivity contribution in [3.63, 3.8) is 0 Å². The lowest BCUT2D eigenvalue weighted by molar-refractivity contribution is -0.132. The molecule has 1 saturated heterocycles. The molecular weight excluding hydrogens is 258 g/mol. The number of likely N-dealkylation sites (N-methyl/N-ethyl adjacent to an activating group) is 1. The highest BCUT2D eigenvalue weighted by atomic mass is 32.1. The standard InChI is InChI=1S/C14H25N3OS/c1-16(9-7-13(15)19)14(18)10-17-8-3-5-11-4-2-6-12(11)17/h11-12H,2-10H2,1H3,(H2,15,19). The van der Waals surface area contributed by atoms with E-state index in [0.717, 1.165) is 12.5 Å². The minimum Gasteiger partial charge on any atom is -0.393 e. The van der Waals surface area contributed by atoms with Crippen LogP contribution in [0.25, 0.3) is 0 Å². The summed E-state index contributed by atoms with van der Waals surface area (Å²) < 4.78 is 0. The van der Waals surface area contributed by atoms with Crippen molar-refractivity contribution < 1.29 is 4.79 Å². The first kappa shape index (κ1) is 14.7. The first-order chi connectivity index (χ1) is 9.08. The van der Waals surface area contributed by atoms with Gasteiger partial charge in [-0.05, 0) is 38.1 Å². The van der Waals surface area contributed by atoms with E-state index >= 15 is 0 Å². The monoisotopic (exact) mass is 283 g/mol. The van der Waals surface area contributed by atoms with Crippen LogP contribution in [0.4, 0.5) is 0 Å². The summed E-state index contributed by atoms with van der Waals surface area (Å²) >= 11 is 4.85. The molecule has 2 atom stereocenters. The summed E-state index contributed by atoms with van der Waals surface area (Å²) in [6, 6.07) is 0.654. The fourth-order valence-corrected chi connectivity index (χ4v) is 3.54. The highest BCUT2D eigenvalue weighted by Gasteiger charge is 2.35. The van der Waals surface area contributed by atoms with Gasteiger partial charge in [0.05, 0.1) is 11.5 Å². The van der Waals surface area contributed by atoms with Crippen molar-refractivity contribution in [3.05, 3.63) is 0 Å². The second-order valence-corrected chi connectivity index (χ2v) is 6.43. The lowest BCUT2D eigenvalue weighted by atomic mass is 9.92. The minimum atomic E-state index is 0.198. The predicted molar refractivity (Wildman–Crippen MR) is 81.0 cm³/mol. The van der Waals surface area contributed by atoms with Crippen molar-refractivity contribution in [2.24, 2.45) is 11.7 Å². The van der Waals surface area contributed by atoms with Gasteiger partial charge in [0.25, 0.3) is 0 Å². The molecule has 0 aromatic heterocycles. The van der Waals surface area contributed by atoms with Crippen LogP contribution in [0.1, 0.15) is 38.5 Å². The third-order valence-corrected chi connectivity index (χ3v) is 4.77. The maximum absolute atomic E-state index is 12.2. The molecule has 4 nitrogen and oxygen atoms in total. The molecule has 5 heteroatoms. The molecule has 1 heterocycles. The maximum atomic E-state index is 12.2. The van der Waals surface area contributed by atoms with E-state index in [4.69, 9.17) is 18.0 Å². The fraction of sp³-hybridized carbons (Fsp3) is 0.857. The molecule has 0 spiro atoms. The first-order valence-corrected chi connectivity index (χ1v) is 7.75. The summed E-state index contributed by atoms with van der Waals surface area (Å²) in [4.78, 5) is 16.9. The predicted octanol–water partition coefficient (Wildman–Crippen LogP) is 1.39. The van der Waals surface area contributed by atoms with Crippen LogP contribution < -0.4 is 5.73 Å². The van der Waals surface area contributed by atoms with Crippen LogP contribution in [0, 0.1) is 5.92 Å². The fourth-order valence-electron chi connectivity index (χ4n) is 3.45. The SMILES string of the molecule is CN(CCC(N)=S)C(=O)CN1CCCC2CCCC21. The molecule has 0 radical (unpaired) electrons. The number of hydrogen-bond donors (Lipinski definition) is 1. The van der Waals surface area contributed by atoms with Gasteiger partial charge in [-0.1, -0.05) is 18.6 Å². The van der Waals surface area contributed by atoms with Gasteiger partial charge in [0, 0.05) is 26.1 Å². The van der Waals surface area contributed by atoms with Gasteiger partial charge < -0.3 is 10.6 Å². The zero-order valence-electron chi connectivity index (χ0n) is 11.8. The largest absolute Gasteiger partial charge is 0.393 e. The highest BCUT2D eigenvalue weighted by Crippen LogP contribution is 2.36. The third kappa shape index (κ3) is 3.89. The first-order valence-electron chi connectivity index (χ1n) is 7.34. The molecule has 19 heavy (non-hydrogen) atoms. The molecule has 1 amide bonds. The zero-order chi connectivity index (χ0) is 13.8. The van der Waals surface area contributed by atoms with E-state index in [0.29, 0.717) is 30.5 Å². The highest BCUT2D eigenvalue weighted by molar-refractivity contribution is 7.80. The summed E-state index contributed by atoms with van der Waals surface area (Å²) in [6.45, 7) is 2.28. The van der Waals surface area contributed by atoms with E-state index in [1.807, 2.05) is 7.05 Å². The third-order valence-electron chi connectivity index (χ3n) is 4.57. The van der Waals surface area contributed by atoms with Crippen molar-refractivity contribution in [2.45, 2.75) is 44.6 Å². The summed E-state index contributed by atoms with van der Waals surface area (Å²) in [7, 11) is 1.84. The van der Waals surface area contributed by atoms with Crippen molar-refractivity contribution in [1.82, 2.24) is 9.80 Å². The summed E-state index contributed by atoms with van der Waals surface area (Å²) in [5.41, 5.74) is 5.48. The number of hydrogen-bond acceptors (Lipinski definition) is 3. The molecule has 2 fully saturated rings. The maximum Gasteiger partial charge on any atom is 0.236 e. The molecule has 0 aromatic rings. The molecule has 2 unspecified atom stereocenters. The van der Waals surface area contributed by atoms with Crippen molar-refractivity contribution >= 4 is 23.1 Å². The normalized spacial score (nSPS) is 27.0. The Morgan fingerprint density at radius 2 is 2.11 bits per heavy atom. The molecule has 0 bridgehead atoms. The van der Waals surface area contributed by atoms with Crippen LogP contribution in [0.3, 0.4) is 0 Å². The number of carbonyl (C=O) groups excluding carboxylic acids is 1. The average Bonchev–Trinajstić information content (AvgIpc) is 2.85. The number of likely N-dealkylation sites (tertiary alicyclic amines) is 1. The van der Waals surface area contributed by atoms with Gasteiger partial charge in [0.1, 0.15) is 0 Å². The Balaban J connectivity index is 1.82. The van der Waals surface area contributed by atoms with Gasteiger partial charge in [-0.2, -0.15) is 0 Å². The van der Waals surface area contributed by atoms with Crippen LogP contribution >= 0.6 is 12.2 Å². The number of thiocarbonyl (C=S) groups is 1. The number of piperidine rings is 1. The number of rotatable bonds is 5. The lowest BCUT2D eigenvalue weighted by Crippen LogP contribution is -2.48. The molecule has 0 aromatic carbocycles. The Morgan fingerprint density at radius 3 is 2.84 bits per heavy atom. The Hall–Kier alpha value is -0.680. The van der Waals surface area contributed by atoms with Crippen molar-refractivity contribution in [3.8, 4) is 0 Å². The zero-order valence-corrected chi connectivity index (χ0v) is 12.6. The van der Waals surface area contributed by atoms with Gasteiger partial charge in [0.2, 0.25) is 5.91 Å². The molecule has 108 valence electrons. The lowest BCUT2D eigenvalue weighted by Gasteiger charge is -2.38. The number of amides is 1. The average molecular weight is 283 g/mol. The molecular formula is C14H25N3OS. The van der Waals surface area contributed by atoms with E-state index in [1.54, 1.807) is 4.90 Å². The van der Waals surface area contributed by atoms with Crippen LogP contribution in [0.15, 0.2) is 0 Å². The Labute approximate surface area is 121 Å². The number of fused-ring (bicyclic) bond motifs is 1. The quantitative estimate of drug-likeness (QED) is 0.775. The summed E-state index contributed by atoms with van der Waals surface area (Å²) in [5.74, 6) is 1.03. The Morgan fingerprint density at radius 1 is 1.37 bits per heavy atom. The topological polar surface area (TPSA) is 49.6 Å². The summed E-state index contributed by atoms with van der Waals surface area (Å²) in [5, 5.41) is 0. The van der Waals surface area contributed by atoms with Crippen LogP contribution in [-0.2, 0) is 4.79 Å². The smallest absolute Gasteiger partial charge is 0.236 e. The molecule has 2 rings (SSSR count). The number of carbonyl (C=O) groups is 1. The summed E-state index contributed by atoms with van der Waals surface area (Å²) in [6.07, 6.45) is 7.17. The Bertz CT molecular complexity index is 348. The van der Waals surface area contributed by atoms with Crippen LogP contribution in [0.2, 0.25) is 0 Å². The van der Waals surface area contributed by atoms with E-state index < -0.39 is 0 Å². The van der Waals surface area contributed by atoms with Gasteiger partial charge in [0.15, 0.2) is 0 Å². The molecule has 1 saturated carbocycles. The molecule has 1 aliphatic carbocycles. The van der Waals surface area contributed by atoms with Crippen LogP contribution in [0.5, 0.6) is 0 Å². The van der Waals surface area contributed by atoms with Gasteiger partial charge in [-0.25, -0.2) is 0 Å². The van der Waals surface area contributed by atoms with Crippen molar-refractivity contribution in [2.75, 3.05) is 26.7 Å². The number of nitrogens with zero attached hydrogens (tertiary/aromatic N) is 2. The van der Waals surface area contributed by atoms with Gasteiger partial charge >= 0.3 is 0 Å². The molecule has 2 aliphatic rings. The van der Waals surface area contributed by atoms with Crippen molar-refractivity contribution in [1.29, 1.82) is 0 Å². The molecule has 2 N–H and O–H groups in total. The van der Waals surface area contributed by atoms with E-state index in [9.17, 15) is 4.79 Å². The minimum absolute atomic E-state index is 0.198. The van der Waals surface area contributed by atoms with Crippen LogP contribution in [-0.4, -0.2) is 53.4 Å². The van der Waals surface area contributed by atoms with Gasteiger partial charge in [-0.3, -0.25) is 9.69 Å². The van der Waals surface area contributed by atoms with E-state index in [-0.39, 0.29) is 5.91 Å². The molecule has 1 aliphatic heterocycles. The second kappa shape index (κ2) is 6.66. The number of nitrogens with two attached hydrogens (primary N) is 1. The van der Waals surface area contributed by atoms with E-state index in [1.165, 1.54) is 32.1 Å².